The van der Waals surface area contributed by atoms with E-state index in [0.29, 0.717) is 10.8 Å². The van der Waals surface area contributed by atoms with Crippen LogP contribution < -0.4 is 15.0 Å². The van der Waals surface area contributed by atoms with Crippen LogP contribution in [0.5, 0.6) is 5.75 Å². The van der Waals surface area contributed by atoms with Crippen molar-refractivity contribution in [3.05, 3.63) is 53.6 Å². The van der Waals surface area contributed by atoms with Crippen molar-refractivity contribution in [2.45, 2.75) is 13.0 Å². The Morgan fingerprint density at radius 3 is 2.40 bits per heavy atom. The number of benzene rings is 2. The molecule has 1 saturated heterocycles. The molecular formula is C19H21ClN2O3. The third kappa shape index (κ3) is 4.87. The highest BCUT2D eigenvalue weighted by molar-refractivity contribution is 6.30. The van der Waals surface area contributed by atoms with Crippen molar-refractivity contribution < 1.29 is 14.3 Å². The van der Waals surface area contributed by atoms with Gasteiger partial charge in [0.15, 0.2) is 6.10 Å². The molecule has 0 aliphatic carbocycles. The number of morpholine rings is 1. The van der Waals surface area contributed by atoms with Gasteiger partial charge in [0, 0.05) is 29.5 Å². The predicted molar refractivity (Wildman–Crippen MR) is 99.6 cm³/mol. The molecule has 1 amide bonds. The molecule has 0 saturated carbocycles. The van der Waals surface area contributed by atoms with Gasteiger partial charge in [0.25, 0.3) is 5.91 Å². The molecule has 0 spiro atoms. The molecule has 1 fully saturated rings. The quantitative estimate of drug-likeness (QED) is 0.885. The number of rotatable bonds is 5. The number of hydrogen-bond donors (Lipinski definition) is 1. The first-order valence-electron chi connectivity index (χ1n) is 8.28. The number of halogens is 1. The first-order chi connectivity index (χ1) is 12.1. The minimum absolute atomic E-state index is 0.200. The third-order valence-electron chi connectivity index (χ3n) is 4.01. The molecule has 0 unspecified atom stereocenters. The summed E-state index contributed by atoms with van der Waals surface area (Å²) in [5.74, 6) is 0.406. The van der Waals surface area contributed by atoms with E-state index in [4.69, 9.17) is 21.1 Å². The van der Waals surface area contributed by atoms with Crippen LogP contribution >= 0.6 is 11.6 Å². The zero-order valence-electron chi connectivity index (χ0n) is 14.1. The van der Waals surface area contributed by atoms with Crippen molar-refractivity contribution in [1.29, 1.82) is 0 Å². The molecule has 132 valence electrons. The Morgan fingerprint density at radius 1 is 1.12 bits per heavy atom. The summed E-state index contributed by atoms with van der Waals surface area (Å²) in [5, 5.41) is 3.50. The van der Waals surface area contributed by atoms with E-state index < -0.39 is 6.10 Å². The SMILES string of the molecule is C[C@@H](Oc1ccc(Cl)cc1)C(=O)Nc1ccc(N2CCOCC2)cc1. The van der Waals surface area contributed by atoms with E-state index in [2.05, 4.69) is 10.2 Å². The summed E-state index contributed by atoms with van der Waals surface area (Å²) in [7, 11) is 0. The first kappa shape index (κ1) is 17.6. The Hall–Kier alpha value is -2.24. The smallest absolute Gasteiger partial charge is 0.265 e. The standard InChI is InChI=1S/C19H21ClN2O3/c1-14(25-18-8-2-15(20)3-9-18)19(23)21-16-4-6-17(7-5-16)22-10-12-24-13-11-22/h2-9,14H,10-13H2,1H3,(H,21,23)/t14-/m1/s1. The van der Waals surface area contributed by atoms with E-state index in [1.54, 1.807) is 31.2 Å². The summed E-state index contributed by atoms with van der Waals surface area (Å²) in [6.07, 6.45) is -0.611. The van der Waals surface area contributed by atoms with Gasteiger partial charge in [-0.05, 0) is 55.5 Å². The minimum atomic E-state index is -0.611. The molecule has 5 nitrogen and oxygen atoms in total. The number of carbonyl (C=O) groups excluding carboxylic acids is 1. The van der Waals surface area contributed by atoms with Gasteiger partial charge in [0.1, 0.15) is 5.75 Å². The molecule has 25 heavy (non-hydrogen) atoms. The highest BCUT2D eigenvalue weighted by Gasteiger charge is 2.15. The van der Waals surface area contributed by atoms with Crippen LogP contribution in [-0.2, 0) is 9.53 Å². The van der Waals surface area contributed by atoms with Gasteiger partial charge in [-0.25, -0.2) is 0 Å². The Balaban J connectivity index is 1.55. The van der Waals surface area contributed by atoms with Crippen molar-refractivity contribution in [2.24, 2.45) is 0 Å². The predicted octanol–water partition coefficient (Wildman–Crippen LogP) is 3.58. The van der Waals surface area contributed by atoms with Crippen molar-refractivity contribution >= 4 is 28.9 Å². The zero-order valence-corrected chi connectivity index (χ0v) is 14.8. The maximum Gasteiger partial charge on any atom is 0.265 e. The van der Waals surface area contributed by atoms with Crippen molar-refractivity contribution in [1.82, 2.24) is 0 Å². The second-order valence-electron chi connectivity index (χ2n) is 5.85. The monoisotopic (exact) mass is 360 g/mol. The van der Waals surface area contributed by atoms with Crippen LogP contribution in [0.15, 0.2) is 48.5 Å². The summed E-state index contributed by atoms with van der Waals surface area (Å²) < 4.78 is 11.0. The second-order valence-corrected chi connectivity index (χ2v) is 6.29. The molecule has 2 aromatic carbocycles. The topological polar surface area (TPSA) is 50.8 Å². The Kier molecular flexibility index (Phi) is 5.79. The van der Waals surface area contributed by atoms with Gasteiger partial charge in [0.05, 0.1) is 13.2 Å². The van der Waals surface area contributed by atoms with Gasteiger partial charge in [-0.1, -0.05) is 11.6 Å². The van der Waals surface area contributed by atoms with Gasteiger partial charge in [-0.15, -0.1) is 0 Å². The highest BCUT2D eigenvalue weighted by Crippen LogP contribution is 2.20. The molecular weight excluding hydrogens is 340 g/mol. The maximum absolute atomic E-state index is 12.3. The number of anilines is 2. The molecule has 6 heteroatoms. The van der Waals surface area contributed by atoms with E-state index in [9.17, 15) is 4.79 Å². The van der Waals surface area contributed by atoms with Gasteiger partial charge < -0.3 is 19.7 Å². The lowest BCUT2D eigenvalue weighted by atomic mass is 10.2. The number of amides is 1. The van der Waals surface area contributed by atoms with Crippen molar-refractivity contribution in [2.75, 3.05) is 36.5 Å². The Labute approximate surface area is 152 Å². The van der Waals surface area contributed by atoms with Crippen molar-refractivity contribution in [3.8, 4) is 5.75 Å². The molecule has 3 rings (SSSR count). The van der Waals surface area contributed by atoms with E-state index >= 15 is 0 Å². The van der Waals surface area contributed by atoms with E-state index in [0.717, 1.165) is 37.7 Å². The first-order valence-corrected chi connectivity index (χ1v) is 8.65. The fourth-order valence-corrected chi connectivity index (χ4v) is 2.72. The average molecular weight is 361 g/mol. The maximum atomic E-state index is 12.3. The lowest BCUT2D eigenvalue weighted by Crippen LogP contribution is -2.36. The van der Waals surface area contributed by atoms with Gasteiger partial charge in [0.2, 0.25) is 0 Å². The van der Waals surface area contributed by atoms with E-state index in [1.807, 2.05) is 24.3 Å². The van der Waals surface area contributed by atoms with Crippen LogP contribution in [0.2, 0.25) is 5.02 Å². The summed E-state index contributed by atoms with van der Waals surface area (Å²) in [5.41, 5.74) is 1.88. The molecule has 0 bridgehead atoms. The van der Waals surface area contributed by atoms with E-state index in [-0.39, 0.29) is 5.91 Å². The molecule has 0 radical (unpaired) electrons. The number of carbonyl (C=O) groups is 1. The fourth-order valence-electron chi connectivity index (χ4n) is 2.59. The van der Waals surface area contributed by atoms with Crippen LogP contribution in [0.1, 0.15) is 6.92 Å². The van der Waals surface area contributed by atoms with Gasteiger partial charge in [-0.2, -0.15) is 0 Å². The van der Waals surface area contributed by atoms with Crippen LogP contribution in [-0.4, -0.2) is 38.3 Å². The molecule has 2 aromatic rings. The second kappa shape index (κ2) is 8.23. The number of nitrogens with one attached hydrogen (secondary N) is 1. The summed E-state index contributed by atoms with van der Waals surface area (Å²) in [6.45, 7) is 4.98. The molecule has 1 heterocycles. The Bertz CT molecular complexity index is 698. The molecule has 0 aromatic heterocycles. The van der Waals surface area contributed by atoms with Crippen LogP contribution in [0.25, 0.3) is 0 Å². The number of nitrogens with zero attached hydrogens (tertiary/aromatic N) is 1. The van der Waals surface area contributed by atoms with Crippen LogP contribution in [0.4, 0.5) is 11.4 Å². The Morgan fingerprint density at radius 2 is 1.76 bits per heavy atom. The largest absolute Gasteiger partial charge is 0.481 e. The van der Waals surface area contributed by atoms with Crippen molar-refractivity contribution in [3.63, 3.8) is 0 Å². The lowest BCUT2D eigenvalue weighted by Gasteiger charge is -2.29. The molecule has 1 aliphatic rings. The van der Waals surface area contributed by atoms with E-state index in [1.165, 1.54) is 0 Å². The zero-order chi connectivity index (χ0) is 17.6. The van der Waals surface area contributed by atoms with Crippen LogP contribution in [0.3, 0.4) is 0 Å². The normalized spacial score (nSPS) is 15.5. The highest BCUT2D eigenvalue weighted by atomic mass is 35.5. The molecule has 1 atom stereocenters. The number of hydrogen-bond acceptors (Lipinski definition) is 4. The van der Waals surface area contributed by atoms with Gasteiger partial charge >= 0.3 is 0 Å². The molecule has 1 aliphatic heterocycles. The summed E-state index contributed by atoms with van der Waals surface area (Å²) in [6, 6.07) is 14.7. The van der Waals surface area contributed by atoms with Crippen LogP contribution in [0, 0.1) is 0 Å². The lowest BCUT2D eigenvalue weighted by molar-refractivity contribution is -0.122. The third-order valence-corrected chi connectivity index (χ3v) is 4.26. The summed E-state index contributed by atoms with van der Waals surface area (Å²) >= 11 is 5.84. The number of ether oxygens (including phenoxy) is 2. The fraction of sp³-hybridized carbons (Fsp3) is 0.316. The molecule has 1 N–H and O–H groups in total. The minimum Gasteiger partial charge on any atom is -0.481 e. The average Bonchev–Trinajstić information content (AvgIpc) is 2.65. The van der Waals surface area contributed by atoms with Gasteiger partial charge in [-0.3, -0.25) is 4.79 Å². The summed E-state index contributed by atoms with van der Waals surface area (Å²) in [4.78, 5) is 14.5.